The minimum atomic E-state index is -0.558. The van der Waals surface area contributed by atoms with Crippen LogP contribution in [0.1, 0.15) is 0 Å². The van der Waals surface area contributed by atoms with Crippen LogP contribution in [0.4, 0.5) is 10.6 Å². The Morgan fingerprint density at radius 3 is 3.00 bits per heavy atom. The molecule has 0 saturated carbocycles. The number of hydrogen-bond acceptors (Lipinski definition) is 1. The molecular weight excluding hydrogens is 118 g/mol. The van der Waals surface area contributed by atoms with Gasteiger partial charge in [-0.3, -0.25) is 5.32 Å². The van der Waals surface area contributed by atoms with Crippen LogP contribution in [0.2, 0.25) is 0 Å². The molecule has 4 N–H and O–H groups in total. The lowest BCUT2D eigenvalue weighted by Crippen LogP contribution is -2.19. The van der Waals surface area contributed by atoms with E-state index in [-0.39, 0.29) is 0 Å². The van der Waals surface area contributed by atoms with E-state index in [1.807, 2.05) is 0 Å². The highest BCUT2D eigenvalue weighted by Crippen LogP contribution is 1.98. The van der Waals surface area contributed by atoms with Crippen LogP contribution in [0.15, 0.2) is 18.3 Å². The van der Waals surface area contributed by atoms with Crippen molar-refractivity contribution in [2.45, 2.75) is 0 Å². The highest BCUT2D eigenvalue weighted by Gasteiger charge is 1.91. The van der Waals surface area contributed by atoms with E-state index in [2.05, 4.69) is 10.3 Å². The number of aromatic nitrogens is 1. The van der Waals surface area contributed by atoms with Gasteiger partial charge in [0.2, 0.25) is 0 Å². The molecule has 1 aromatic rings. The number of carbonyl (C=O) groups excluding carboxylic acids is 1. The van der Waals surface area contributed by atoms with Crippen LogP contribution in [0, 0.1) is 0 Å². The van der Waals surface area contributed by atoms with E-state index < -0.39 is 6.03 Å². The van der Waals surface area contributed by atoms with Gasteiger partial charge in [-0.15, -0.1) is 0 Å². The number of rotatable bonds is 1. The molecule has 2 amide bonds. The molecule has 0 aliphatic rings. The summed E-state index contributed by atoms with van der Waals surface area (Å²) in [5.74, 6) is 0.613. The van der Waals surface area contributed by atoms with E-state index in [1.165, 1.54) is 0 Å². The van der Waals surface area contributed by atoms with E-state index in [1.54, 1.807) is 18.3 Å². The van der Waals surface area contributed by atoms with Gasteiger partial charge in [0.1, 0.15) is 5.82 Å². The van der Waals surface area contributed by atoms with Gasteiger partial charge in [0.05, 0.1) is 0 Å². The van der Waals surface area contributed by atoms with Crippen LogP contribution in [0.5, 0.6) is 0 Å². The molecule has 1 aromatic heterocycles. The van der Waals surface area contributed by atoms with E-state index in [0.717, 1.165) is 0 Å². The van der Waals surface area contributed by atoms with Crippen molar-refractivity contribution >= 4 is 11.8 Å². The Morgan fingerprint density at radius 1 is 1.78 bits per heavy atom. The molecular formula is C5H7N3O. The van der Waals surface area contributed by atoms with Crippen LogP contribution >= 0.6 is 0 Å². The molecule has 0 atom stereocenters. The molecule has 4 nitrogen and oxygen atoms in total. The van der Waals surface area contributed by atoms with Gasteiger partial charge in [-0.05, 0) is 12.1 Å². The number of nitrogens with two attached hydrogens (primary N) is 1. The molecule has 0 unspecified atom stereocenters. The van der Waals surface area contributed by atoms with Crippen molar-refractivity contribution < 1.29 is 4.79 Å². The number of carbonyl (C=O) groups is 1. The van der Waals surface area contributed by atoms with Crippen molar-refractivity contribution in [3.63, 3.8) is 0 Å². The zero-order valence-corrected chi connectivity index (χ0v) is 4.72. The lowest BCUT2D eigenvalue weighted by atomic mass is 10.6. The Morgan fingerprint density at radius 2 is 2.56 bits per heavy atom. The summed E-state index contributed by atoms with van der Waals surface area (Å²) >= 11 is 0. The normalized spacial score (nSPS) is 8.89. The monoisotopic (exact) mass is 125 g/mol. The fourth-order valence-corrected chi connectivity index (χ4v) is 0.541. The Balaban J connectivity index is 2.58. The highest BCUT2D eigenvalue weighted by atomic mass is 16.2. The molecule has 9 heavy (non-hydrogen) atoms. The van der Waals surface area contributed by atoms with Gasteiger partial charge in [0.25, 0.3) is 0 Å². The molecule has 0 bridgehead atoms. The van der Waals surface area contributed by atoms with E-state index >= 15 is 0 Å². The van der Waals surface area contributed by atoms with Gasteiger partial charge in [-0.25, -0.2) is 4.79 Å². The summed E-state index contributed by atoms with van der Waals surface area (Å²) in [6.45, 7) is 0. The average Bonchev–Trinajstić information content (AvgIpc) is 2.15. The number of primary amides is 1. The summed E-state index contributed by atoms with van der Waals surface area (Å²) < 4.78 is 0. The molecule has 1 heterocycles. The van der Waals surface area contributed by atoms with E-state index in [0.29, 0.717) is 5.82 Å². The SMILES string of the molecule is NC(=O)Nc1ccc[nH]1. The van der Waals surface area contributed by atoms with Crippen LogP contribution in [-0.2, 0) is 0 Å². The zero-order valence-electron chi connectivity index (χ0n) is 4.72. The van der Waals surface area contributed by atoms with Crippen molar-refractivity contribution in [1.29, 1.82) is 0 Å². The number of hydrogen-bond donors (Lipinski definition) is 3. The maximum atomic E-state index is 10.2. The first-order valence-corrected chi connectivity index (χ1v) is 2.49. The maximum Gasteiger partial charge on any atom is 0.317 e. The lowest BCUT2D eigenvalue weighted by molar-refractivity contribution is 0.259. The van der Waals surface area contributed by atoms with Gasteiger partial charge in [-0.1, -0.05) is 0 Å². The third-order valence-corrected chi connectivity index (χ3v) is 0.856. The standard InChI is InChI=1S/C5H7N3O/c6-5(9)8-4-2-1-3-7-4/h1-3,7H,(H3,6,8,9). The van der Waals surface area contributed by atoms with E-state index in [9.17, 15) is 4.79 Å². The van der Waals surface area contributed by atoms with Gasteiger partial charge in [0.15, 0.2) is 0 Å². The maximum absolute atomic E-state index is 10.2. The van der Waals surface area contributed by atoms with Crippen molar-refractivity contribution in [3.8, 4) is 0 Å². The number of anilines is 1. The second-order valence-corrected chi connectivity index (χ2v) is 1.57. The summed E-state index contributed by atoms with van der Waals surface area (Å²) in [6, 6.07) is 2.92. The smallest absolute Gasteiger partial charge is 0.317 e. The fraction of sp³-hybridized carbons (Fsp3) is 0. The molecule has 0 aromatic carbocycles. The average molecular weight is 125 g/mol. The molecule has 1 rings (SSSR count). The third kappa shape index (κ3) is 1.49. The molecule has 0 radical (unpaired) electrons. The zero-order chi connectivity index (χ0) is 6.69. The van der Waals surface area contributed by atoms with Crippen LogP contribution in [0.25, 0.3) is 0 Å². The Hall–Kier alpha value is -1.45. The predicted molar refractivity (Wildman–Crippen MR) is 34.0 cm³/mol. The van der Waals surface area contributed by atoms with Crippen molar-refractivity contribution in [3.05, 3.63) is 18.3 Å². The Bertz CT molecular complexity index is 192. The van der Waals surface area contributed by atoms with Crippen LogP contribution in [0.3, 0.4) is 0 Å². The number of aromatic amines is 1. The quantitative estimate of drug-likeness (QED) is 0.502. The van der Waals surface area contributed by atoms with Gasteiger partial charge < -0.3 is 10.7 Å². The lowest BCUT2D eigenvalue weighted by Gasteiger charge is -1.93. The summed E-state index contributed by atoms with van der Waals surface area (Å²) in [7, 11) is 0. The van der Waals surface area contributed by atoms with Crippen molar-refractivity contribution in [2.75, 3.05) is 5.32 Å². The number of H-pyrrole nitrogens is 1. The predicted octanol–water partition coefficient (Wildman–Crippen LogP) is 0.505. The number of amides is 2. The molecule has 0 aliphatic heterocycles. The van der Waals surface area contributed by atoms with Crippen LogP contribution < -0.4 is 11.1 Å². The molecule has 48 valence electrons. The topological polar surface area (TPSA) is 70.9 Å². The Kier molecular flexibility index (Phi) is 1.40. The van der Waals surface area contributed by atoms with Crippen molar-refractivity contribution in [1.82, 2.24) is 4.98 Å². The largest absolute Gasteiger partial charge is 0.351 e. The van der Waals surface area contributed by atoms with Gasteiger partial charge in [0, 0.05) is 6.20 Å². The first kappa shape index (κ1) is 5.68. The first-order chi connectivity index (χ1) is 4.29. The van der Waals surface area contributed by atoms with Gasteiger partial charge >= 0.3 is 6.03 Å². The van der Waals surface area contributed by atoms with E-state index in [4.69, 9.17) is 5.73 Å². The molecule has 0 aliphatic carbocycles. The van der Waals surface area contributed by atoms with Crippen molar-refractivity contribution in [2.24, 2.45) is 5.73 Å². The van der Waals surface area contributed by atoms with Gasteiger partial charge in [-0.2, -0.15) is 0 Å². The highest BCUT2D eigenvalue weighted by molar-refractivity contribution is 5.86. The summed E-state index contributed by atoms with van der Waals surface area (Å²) in [5.41, 5.74) is 4.81. The molecule has 0 spiro atoms. The van der Waals surface area contributed by atoms with Crippen LogP contribution in [-0.4, -0.2) is 11.0 Å². The molecule has 0 fully saturated rings. The fourth-order valence-electron chi connectivity index (χ4n) is 0.541. The third-order valence-electron chi connectivity index (χ3n) is 0.856. The minimum absolute atomic E-state index is 0.558. The number of nitrogens with one attached hydrogen (secondary N) is 2. The number of urea groups is 1. The first-order valence-electron chi connectivity index (χ1n) is 2.49. The second-order valence-electron chi connectivity index (χ2n) is 1.57. The molecule has 4 heteroatoms. The molecule has 0 saturated heterocycles. The summed E-state index contributed by atoms with van der Waals surface area (Å²) in [5, 5.41) is 2.37. The Labute approximate surface area is 52.1 Å². The summed E-state index contributed by atoms with van der Waals surface area (Å²) in [4.78, 5) is 12.9. The second kappa shape index (κ2) is 2.21. The minimum Gasteiger partial charge on any atom is -0.351 e. The summed E-state index contributed by atoms with van der Waals surface area (Å²) in [6.07, 6.45) is 1.70.